The molecule has 2 N–H and O–H groups in total. The largest absolute Gasteiger partial charge is 0.443 e. The lowest BCUT2D eigenvalue weighted by Gasteiger charge is -2.02. The number of nitrogens with zero attached hydrogens (tertiary/aromatic N) is 1. The molecule has 0 atom stereocenters. The molecule has 15 heavy (non-hydrogen) atoms. The number of aromatic nitrogens is 1. The van der Waals surface area contributed by atoms with Crippen molar-refractivity contribution in [2.24, 2.45) is 5.73 Å². The quantitative estimate of drug-likeness (QED) is 0.922. The van der Waals surface area contributed by atoms with Crippen LogP contribution in [0.4, 0.5) is 0 Å². The zero-order chi connectivity index (χ0) is 10.8. The predicted molar refractivity (Wildman–Crippen MR) is 62.5 cm³/mol. The third-order valence-corrected chi connectivity index (χ3v) is 2.83. The standard InChI is InChI=1S/C10H8BrClN2O/c11-6-1-2-8(12)7(3-6)10-9(4-13)14-5-15-10/h1-3,5H,4,13H2. The van der Waals surface area contributed by atoms with Crippen molar-refractivity contribution in [3.8, 4) is 11.3 Å². The van der Waals surface area contributed by atoms with E-state index >= 15 is 0 Å². The molecule has 0 aliphatic heterocycles. The summed E-state index contributed by atoms with van der Waals surface area (Å²) in [7, 11) is 0. The van der Waals surface area contributed by atoms with Gasteiger partial charge in [-0.2, -0.15) is 0 Å². The topological polar surface area (TPSA) is 52.0 Å². The fourth-order valence-electron chi connectivity index (χ4n) is 1.31. The van der Waals surface area contributed by atoms with Crippen molar-refractivity contribution in [2.75, 3.05) is 0 Å². The van der Waals surface area contributed by atoms with Crippen LogP contribution < -0.4 is 5.73 Å². The summed E-state index contributed by atoms with van der Waals surface area (Å²) in [5.41, 5.74) is 7.04. The van der Waals surface area contributed by atoms with Gasteiger partial charge in [0, 0.05) is 16.6 Å². The maximum atomic E-state index is 6.07. The molecule has 5 heteroatoms. The summed E-state index contributed by atoms with van der Waals surface area (Å²) in [6.45, 7) is 0.328. The van der Waals surface area contributed by atoms with Crippen molar-refractivity contribution < 1.29 is 4.42 Å². The lowest BCUT2D eigenvalue weighted by Crippen LogP contribution is -1.98. The van der Waals surface area contributed by atoms with Crippen molar-refractivity contribution in [2.45, 2.75) is 6.54 Å². The maximum absolute atomic E-state index is 6.07. The molecule has 0 saturated heterocycles. The van der Waals surface area contributed by atoms with Crippen LogP contribution in [0.15, 0.2) is 33.5 Å². The molecule has 3 nitrogen and oxygen atoms in total. The summed E-state index contributed by atoms with van der Waals surface area (Å²) < 4.78 is 6.21. The second-order valence-electron chi connectivity index (χ2n) is 2.96. The number of halogens is 2. The number of oxazole rings is 1. The third kappa shape index (κ3) is 2.07. The highest BCUT2D eigenvalue weighted by atomic mass is 79.9. The Labute approximate surface area is 100 Å². The van der Waals surface area contributed by atoms with E-state index in [4.69, 9.17) is 21.8 Å². The van der Waals surface area contributed by atoms with Gasteiger partial charge < -0.3 is 10.2 Å². The highest BCUT2D eigenvalue weighted by Gasteiger charge is 2.12. The van der Waals surface area contributed by atoms with Crippen LogP contribution in [0.3, 0.4) is 0 Å². The maximum Gasteiger partial charge on any atom is 0.181 e. The normalized spacial score (nSPS) is 10.6. The zero-order valence-corrected chi connectivity index (χ0v) is 10.0. The molecule has 0 bridgehead atoms. The van der Waals surface area contributed by atoms with Crippen LogP contribution in [-0.4, -0.2) is 4.98 Å². The highest BCUT2D eigenvalue weighted by molar-refractivity contribution is 9.10. The minimum absolute atomic E-state index is 0.328. The summed E-state index contributed by atoms with van der Waals surface area (Å²) in [5, 5.41) is 0.615. The van der Waals surface area contributed by atoms with Gasteiger partial charge in [-0.3, -0.25) is 0 Å². The second-order valence-corrected chi connectivity index (χ2v) is 4.28. The summed E-state index contributed by atoms with van der Waals surface area (Å²) in [5.74, 6) is 0.629. The summed E-state index contributed by atoms with van der Waals surface area (Å²) in [4.78, 5) is 4.02. The van der Waals surface area contributed by atoms with Gasteiger partial charge in [-0.25, -0.2) is 4.98 Å². The first-order chi connectivity index (χ1) is 7.22. The van der Waals surface area contributed by atoms with E-state index in [1.54, 1.807) is 6.07 Å². The molecule has 1 heterocycles. The Morgan fingerprint density at radius 1 is 1.47 bits per heavy atom. The van der Waals surface area contributed by atoms with E-state index in [9.17, 15) is 0 Å². The van der Waals surface area contributed by atoms with E-state index in [1.807, 2.05) is 12.1 Å². The number of benzene rings is 1. The average Bonchev–Trinajstić information content (AvgIpc) is 2.69. The van der Waals surface area contributed by atoms with E-state index < -0.39 is 0 Å². The number of hydrogen-bond acceptors (Lipinski definition) is 3. The highest BCUT2D eigenvalue weighted by Crippen LogP contribution is 2.32. The Hall–Kier alpha value is -0.840. The summed E-state index contributed by atoms with van der Waals surface area (Å²) >= 11 is 9.44. The summed E-state index contributed by atoms with van der Waals surface area (Å²) in [6, 6.07) is 5.54. The molecule has 1 aromatic heterocycles. The first-order valence-corrected chi connectivity index (χ1v) is 5.47. The molecule has 0 unspecified atom stereocenters. The van der Waals surface area contributed by atoms with Crippen molar-refractivity contribution >= 4 is 27.5 Å². The molecule has 2 rings (SSSR count). The molecule has 0 fully saturated rings. The van der Waals surface area contributed by atoms with Gasteiger partial charge in [-0.15, -0.1) is 0 Å². The van der Waals surface area contributed by atoms with E-state index in [-0.39, 0.29) is 0 Å². The van der Waals surface area contributed by atoms with Gasteiger partial charge >= 0.3 is 0 Å². The Kier molecular flexibility index (Phi) is 3.09. The van der Waals surface area contributed by atoms with Crippen LogP contribution in [0, 0.1) is 0 Å². The Bertz CT molecular complexity index is 484. The lowest BCUT2D eigenvalue weighted by molar-refractivity contribution is 0.571. The first kappa shape index (κ1) is 10.7. The molecule has 0 aliphatic rings. The van der Waals surface area contributed by atoms with E-state index in [1.165, 1.54) is 6.39 Å². The molecule has 0 aliphatic carbocycles. The monoisotopic (exact) mass is 286 g/mol. The van der Waals surface area contributed by atoms with Crippen molar-refractivity contribution in [3.05, 3.63) is 39.8 Å². The molecule has 0 radical (unpaired) electrons. The Balaban J connectivity index is 2.58. The minimum atomic E-state index is 0.328. The third-order valence-electron chi connectivity index (χ3n) is 2.01. The van der Waals surface area contributed by atoms with Crippen LogP contribution in [0.5, 0.6) is 0 Å². The van der Waals surface area contributed by atoms with Gasteiger partial charge in [0.05, 0.1) is 5.02 Å². The average molecular weight is 288 g/mol. The zero-order valence-electron chi connectivity index (χ0n) is 7.71. The fraction of sp³-hybridized carbons (Fsp3) is 0.100. The molecule has 0 spiro atoms. The fourth-order valence-corrected chi connectivity index (χ4v) is 1.87. The van der Waals surface area contributed by atoms with Crippen LogP contribution in [0.2, 0.25) is 5.02 Å². The van der Waals surface area contributed by atoms with E-state index in [2.05, 4.69) is 20.9 Å². The number of rotatable bonds is 2. The SMILES string of the molecule is NCc1ncoc1-c1cc(Br)ccc1Cl. The van der Waals surface area contributed by atoms with Gasteiger partial charge in [0.25, 0.3) is 0 Å². The van der Waals surface area contributed by atoms with E-state index in [0.29, 0.717) is 23.0 Å². The Morgan fingerprint density at radius 2 is 2.27 bits per heavy atom. The molecule has 0 saturated carbocycles. The van der Waals surface area contributed by atoms with Gasteiger partial charge in [0.15, 0.2) is 12.2 Å². The van der Waals surface area contributed by atoms with Gasteiger partial charge in [0.1, 0.15) is 5.69 Å². The van der Waals surface area contributed by atoms with Crippen molar-refractivity contribution in [3.63, 3.8) is 0 Å². The Morgan fingerprint density at radius 3 is 3.00 bits per heavy atom. The number of hydrogen-bond donors (Lipinski definition) is 1. The van der Waals surface area contributed by atoms with Crippen LogP contribution in [0.1, 0.15) is 5.69 Å². The molecular formula is C10H8BrClN2O. The lowest BCUT2D eigenvalue weighted by atomic mass is 10.1. The van der Waals surface area contributed by atoms with Crippen molar-refractivity contribution in [1.29, 1.82) is 0 Å². The molecule has 2 aromatic rings. The second kappa shape index (κ2) is 4.35. The molecule has 0 amide bonds. The van der Waals surface area contributed by atoms with Gasteiger partial charge in [-0.05, 0) is 18.2 Å². The minimum Gasteiger partial charge on any atom is -0.443 e. The molecule has 78 valence electrons. The number of nitrogens with two attached hydrogens (primary N) is 1. The first-order valence-electron chi connectivity index (χ1n) is 4.30. The smallest absolute Gasteiger partial charge is 0.181 e. The van der Waals surface area contributed by atoms with Crippen LogP contribution in [-0.2, 0) is 6.54 Å². The van der Waals surface area contributed by atoms with E-state index in [0.717, 1.165) is 10.0 Å². The van der Waals surface area contributed by atoms with Crippen LogP contribution >= 0.6 is 27.5 Å². The van der Waals surface area contributed by atoms with Crippen molar-refractivity contribution in [1.82, 2.24) is 4.98 Å². The molecular weight excluding hydrogens is 279 g/mol. The van der Waals surface area contributed by atoms with Gasteiger partial charge in [-0.1, -0.05) is 27.5 Å². The predicted octanol–water partition coefficient (Wildman–Crippen LogP) is 3.22. The summed E-state index contributed by atoms with van der Waals surface area (Å²) in [6.07, 6.45) is 1.37. The van der Waals surface area contributed by atoms with Gasteiger partial charge in [0.2, 0.25) is 0 Å². The van der Waals surface area contributed by atoms with Crippen LogP contribution in [0.25, 0.3) is 11.3 Å². The molecule has 1 aromatic carbocycles.